The van der Waals surface area contributed by atoms with Gasteiger partial charge in [-0.05, 0) is 24.6 Å². The van der Waals surface area contributed by atoms with E-state index in [4.69, 9.17) is 17.3 Å². The van der Waals surface area contributed by atoms with Crippen molar-refractivity contribution in [1.29, 1.82) is 0 Å². The van der Waals surface area contributed by atoms with Crippen LogP contribution in [0.3, 0.4) is 0 Å². The fraction of sp³-hybridized carbons (Fsp3) is 0.500. The van der Waals surface area contributed by atoms with Crippen LogP contribution < -0.4 is 11.1 Å². The van der Waals surface area contributed by atoms with E-state index in [2.05, 4.69) is 12.2 Å². The topological polar surface area (TPSA) is 55.1 Å². The highest BCUT2D eigenvalue weighted by molar-refractivity contribution is 6.33. The number of amides is 1. The predicted molar refractivity (Wildman–Crippen MR) is 77.2 cm³/mol. The number of anilines is 1. The first-order valence-electron chi connectivity index (χ1n) is 6.48. The third kappa shape index (κ3) is 4.96. The lowest BCUT2D eigenvalue weighted by molar-refractivity contribution is 0.100. The van der Waals surface area contributed by atoms with Gasteiger partial charge in [-0.3, -0.25) is 4.79 Å². The Morgan fingerprint density at radius 1 is 1.28 bits per heavy atom. The molecule has 1 aromatic rings. The smallest absolute Gasteiger partial charge is 0.250 e. The molecule has 0 spiro atoms. The zero-order valence-electron chi connectivity index (χ0n) is 10.8. The number of unbranched alkanes of at least 4 members (excludes halogenated alkanes) is 4. The number of nitrogens with one attached hydrogen (secondary N) is 1. The summed E-state index contributed by atoms with van der Waals surface area (Å²) in [6.07, 6.45) is 6.20. The number of benzene rings is 1. The van der Waals surface area contributed by atoms with Gasteiger partial charge in [0.25, 0.3) is 0 Å². The quantitative estimate of drug-likeness (QED) is 0.704. The summed E-state index contributed by atoms with van der Waals surface area (Å²) in [7, 11) is 0. The molecule has 4 heteroatoms. The molecule has 0 unspecified atom stereocenters. The van der Waals surface area contributed by atoms with Gasteiger partial charge in [0.1, 0.15) is 0 Å². The Bertz CT molecular complexity index is 393. The van der Waals surface area contributed by atoms with Crippen molar-refractivity contribution >= 4 is 23.2 Å². The van der Waals surface area contributed by atoms with Gasteiger partial charge in [0.2, 0.25) is 5.91 Å². The lowest BCUT2D eigenvalue weighted by atomic mass is 10.1. The summed E-state index contributed by atoms with van der Waals surface area (Å²) in [5, 5.41) is 3.68. The fourth-order valence-corrected chi connectivity index (χ4v) is 2.00. The standard InChI is InChI=1S/C14H21ClN2O/c1-2-3-4-5-6-9-17-11-7-8-13(15)12(10-11)14(16)18/h7-8,10,17H,2-6,9H2,1H3,(H2,16,18). The van der Waals surface area contributed by atoms with E-state index in [0.29, 0.717) is 10.6 Å². The van der Waals surface area contributed by atoms with Crippen molar-refractivity contribution in [3.8, 4) is 0 Å². The number of primary amides is 1. The number of hydrogen-bond donors (Lipinski definition) is 2. The summed E-state index contributed by atoms with van der Waals surface area (Å²) in [6.45, 7) is 3.11. The molecule has 0 heterocycles. The second-order valence-electron chi connectivity index (χ2n) is 4.40. The minimum Gasteiger partial charge on any atom is -0.385 e. The van der Waals surface area contributed by atoms with Crippen molar-refractivity contribution in [2.24, 2.45) is 5.73 Å². The van der Waals surface area contributed by atoms with E-state index in [1.54, 1.807) is 12.1 Å². The SMILES string of the molecule is CCCCCCCNc1ccc(Cl)c(C(N)=O)c1. The molecule has 100 valence electrons. The third-order valence-electron chi connectivity index (χ3n) is 2.84. The molecule has 0 radical (unpaired) electrons. The van der Waals surface area contributed by atoms with E-state index in [0.717, 1.165) is 18.7 Å². The van der Waals surface area contributed by atoms with E-state index in [1.807, 2.05) is 6.07 Å². The van der Waals surface area contributed by atoms with Gasteiger partial charge in [0, 0.05) is 12.2 Å². The number of carbonyl (C=O) groups excluding carboxylic acids is 1. The molecular formula is C14H21ClN2O. The molecule has 0 bridgehead atoms. The van der Waals surface area contributed by atoms with Gasteiger partial charge >= 0.3 is 0 Å². The number of nitrogens with two attached hydrogens (primary N) is 1. The summed E-state index contributed by atoms with van der Waals surface area (Å²) in [5.41, 5.74) is 6.50. The van der Waals surface area contributed by atoms with Gasteiger partial charge in [-0.25, -0.2) is 0 Å². The molecule has 0 aliphatic carbocycles. The van der Waals surface area contributed by atoms with Crippen molar-refractivity contribution in [1.82, 2.24) is 0 Å². The molecule has 1 aromatic carbocycles. The first-order chi connectivity index (χ1) is 8.65. The van der Waals surface area contributed by atoms with Crippen LogP contribution in [0.1, 0.15) is 49.4 Å². The Morgan fingerprint density at radius 2 is 2.00 bits per heavy atom. The maximum absolute atomic E-state index is 11.1. The van der Waals surface area contributed by atoms with Crippen LogP contribution >= 0.6 is 11.6 Å². The Hall–Kier alpha value is -1.22. The highest BCUT2D eigenvalue weighted by Gasteiger charge is 2.06. The lowest BCUT2D eigenvalue weighted by Crippen LogP contribution is -2.12. The zero-order valence-corrected chi connectivity index (χ0v) is 11.6. The molecule has 1 rings (SSSR count). The van der Waals surface area contributed by atoms with Gasteiger partial charge in [0.15, 0.2) is 0 Å². The van der Waals surface area contributed by atoms with Crippen molar-refractivity contribution in [2.45, 2.75) is 39.0 Å². The lowest BCUT2D eigenvalue weighted by Gasteiger charge is -2.08. The van der Waals surface area contributed by atoms with E-state index in [-0.39, 0.29) is 0 Å². The fourth-order valence-electron chi connectivity index (χ4n) is 1.79. The van der Waals surface area contributed by atoms with Crippen LogP contribution in [-0.4, -0.2) is 12.5 Å². The molecule has 0 fully saturated rings. The first kappa shape index (κ1) is 14.8. The Labute approximate surface area is 114 Å². The molecule has 3 nitrogen and oxygen atoms in total. The number of rotatable bonds is 8. The normalized spacial score (nSPS) is 10.3. The van der Waals surface area contributed by atoms with Crippen LogP contribution in [0.25, 0.3) is 0 Å². The molecule has 0 atom stereocenters. The summed E-state index contributed by atoms with van der Waals surface area (Å²) in [4.78, 5) is 11.1. The maximum atomic E-state index is 11.1. The average Bonchev–Trinajstić information content (AvgIpc) is 2.35. The van der Waals surface area contributed by atoms with Gasteiger partial charge in [-0.15, -0.1) is 0 Å². The molecular weight excluding hydrogens is 248 g/mol. The highest BCUT2D eigenvalue weighted by atomic mass is 35.5. The molecule has 18 heavy (non-hydrogen) atoms. The molecule has 0 aromatic heterocycles. The Balaban J connectivity index is 2.38. The highest BCUT2D eigenvalue weighted by Crippen LogP contribution is 2.20. The molecule has 0 saturated carbocycles. The van der Waals surface area contributed by atoms with E-state index >= 15 is 0 Å². The Kier molecular flexibility index (Phi) is 6.58. The first-order valence-corrected chi connectivity index (χ1v) is 6.86. The zero-order chi connectivity index (χ0) is 13.4. The predicted octanol–water partition coefficient (Wildman–Crippen LogP) is 3.82. The number of carbonyl (C=O) groups is 1. The minimum atomic E-state index is -0.494. The second kappa shape index (κ2) is 7.98. The summed E-state index contributed by atoms with van der Waals surface area (Å²) >= 11 is 5.88. The van der Waals surface area contributed by atoms with Crippen LogP contribution in [0.4, 0.5) is 5.69 Å². The van der Waals surface area contributed by atoms with Crippen LogP contribution in [-0.2, 0) is 0 Å². The second-order valence-corrected chi connectivity index (χ2v) is 4.81. The number of hydrogen-bond acceptors (Lipinski definition) is 2. The van der Waals surface area contributed by atoms with Crippen LogP contribution in [0, 0.1) is 0 Å². The van der Waals surface area contributed by atoms with Gasteiger partial charge < -0.3 is 11.1 Å². The molecule has 0 aliphatic rings. The van der Waals surface area contributed by atoms with Gasteiger partial charge in [0.05, 0.1) is 10.6 Å². The molecule has 0 saturated heterocycles. The van der Waals surface area contributed by atoms with E-state index < -0.39 is 5.91 Å². The van der Waals surface area contributed by atoms with Crippen molar-refractivity contribution in [3.63, 3.8) is 0 Å². The van der Waals surface area contributed by atoms with Crippen molar-refractivity contribution < 1.29 is 4.79 Å². The average molecular weight is 269 g/mol. The molecule has 0 aliphatic heterocycles. The van der Waals surface area contributed by atoms with Crippen LogP contribution in [0.2, 0.25) is 5.02 Å². The summed E-state index contributed by atoms with van der Waals surface area (Å²) in [6, 6.07) is 5.26. The Morgan fingerprint density at radius 3 is 2.67 bits per heavy atom. The van der Waals surface area contributed by atoms with E-state index in [1.165, 1.54) is 25.7 Å². The van der Waals surface area contributed by atoms with Crippen LogP contribution in [0.5, 0.6) is 0 Å². The van der Waals surface area contributed by atoms with Gasteiger partial charge in [-0.1, -0.05) is 44.2 Å². The summed E-state index contributed by atoms with van der Waals surface area (Å²) in [5.74, 6) is -0.494. The van der Waals surface area contributed by atoms with E-state index in [9.17, 15) is 4.79 Å². The van der Waals surface area contributed by atoms with Crippen LogP contribution in [0.15, 0.2) is 18.2 Å². The molecule has 1 amide bonds. The number of halogens is 1. The molecule has 3 N–H and O–H groups in total. The maximum Gasteiger partial charge on any atom is 0.250 e. The minimum absolute atomic E-state index is 0.368. The third-order valence-corrected chi connectivity index (χ3v) is 3.17. The largest absolute Gasteiger partial charge is 0.385 e. The van der Waals surface area contributed by atoms with Crippen molar-refractivity contribution in [3.05, 3.63) is 28.8 Å². The van der Waals surface area contributed by atoms with Crippen molar-refractivity contribution in [2.75, 3.05) is 11.9 Å². The monoisotopic (exact) mass is 268 g/mol. The summed E-state index contributed by atoms with van der Waals surface area (Å²) < 4.78 is 0. The van der Waals surface area contributed by atoms with Gasteiger partial charge in [-0.2, -0.15) is 0 Å².